The number of halogens is 1. The summed E-state index contributed by atoms with van der Waals surface area (Å²) in [6.07, 6.45) is 3.06. The zero-order valence-corrected chi connectivity index (χ0v) is 16.3. The average Bonchev–Trinajstić information content (AvgIpc) is 2.67. The summed E-state index contributed by atoms with van der Waals surface area (Å²) in [6.45, 7) is 4.14. The van der Waals surface area contributed by atoms with Crippen molar-refractivity contribution < 1.29 is 9.18 Å². The monoisotopic (exact) mass is 395 g/mol. The van der Waals surface area contributed by atoms with Crippen LogP contribution in [-0.4, -0.2) is 28.0 Å². The SMILES string of the molecule is CC1CCCC(C)N1c1nc2c(c(=O)[nH]1)C(c1ccccc1F)C(C#N)C(=O)N2. The number of rotatable bonds is 2. The summed E-state index contributed by atoms with van der Waals surface area (Å²) in [5.41, 5.74) is -0.222. The lowest BCUT2D eigenvalue weighted by Crippen LogP contribution is -2.46. The van der Waals surface area contributed by atoms with Crippen LogP contribution in [0, 0.1) is 23.1 Å². The molecule has 2 aliphatic heterocycles. The molecule has 8 heteroatoms. The van der Waals surface area contributed by atoms with Crippen molar-refractivity contribution in [2.45, 2.75) is 51.1 Å². The Hall–Kier alpha value is -3.21. The number of benzene rings is 1. The van der Waals surface area contributed by atoms with E-state index in [1.54, 1.807) is 6.07 Å². The van der Waals surface area contributed by atoms with Crippen molar-refractivity contribution in [2.75, 3.05) is 10.2 Å². The van der Waals surface area contributed by atoms with E-state index < -0.39 is 29.1 Å². The smallest absolute Gasteiger partial charge is 0.258 e. The highest BCUT2D eigenvalue weighted by Crippen LogP contribution is 2.39. The fraction of sp³-hybridized carbons (Fsp3) is 0.429. The van der Waals surface area contributed by atoms with E-state index in [9.17, 15) is 19.2 Å². The van der Waals surface area contributed by atoms with Crippen molar-refractivity contribution >= 4 is 17.7 Å². The zero-order valence-electron chi connectivity index (χ0n) is 16.3. The Morgan fingerprint density at radius 1 is 1.21 bits per heavy atom. The molecule has 2 aromatic rings. The molecule has 2 aliphatic rings. The fourth-order valence-corrected chi connectivity index (χ4v) is 4.52. The van der Waals surface area contributed by atoms with Gasteiger partial charge in [-0.2, -0.15) is 10.2 Å². The molecule has 1 aromatic carbocycles. The largest absolute Gasteiger partial charge is 0.337 e. The van der Waals surface area contributed by atoms with Crippen LogP contribution in [-0.2, 0) is 4.79 Å². The highest BCUT2D eigenvalue weighted by Gasteiger charge is 2.42. The van der Waals surface area contributed by atoms with Crippen LogP contribution in [0.3, 0.4) is 0 Å². The van der Waals surface area contributed by atoms with E-state index in [0.29, 0.717) is 5.95 Å². The van der Waals surface area contributed by atoms with Crippen LogP contribution in [0.4, 0.5) is 16.2 Å². The van der Waals surface area contributed by atoms with Crippen LogP contribution in [0.15, 0.2) is 29.1 Å². The van der Waals surface area contributed by atoms with Crippen LogP contribution in [0.2, 0.25) is 0 Å². The first-order valence-corrected chi connectivity index (χ1v) is 9.79. The van der Waals surface area contributed by atoms with E-state index in [4.69, 9.17) is 0 Å². The van der Waals surface area contributed by atoms with Gasteiger partial charge in [0.2, 0.25) is 11.9 Å². The minimum absolute atomic E-state index is 0.0958. The van der Waals surface area contributed by atoms with Crippen LogP contribution in [0.5, 0.6) is 0 Å². The highest BCUT2D eigenvalue weighted by atomic mass is 19.1. The van der Waals surface area contributed by atoms with E-state index in [1.165, 1.54) is 18.2 Å². The molecule has 0 aliphatic carbocycles. The third-order valence-electron chi connectivity index (χ3n) is 5.93. The Balaban J connectivity index is 1.88. The Bertz CT molecular complexity index is 1050. The van der Waals surface area contributed by atoms with Crippen molar-refractivity contribution in [2.24, 2.45) is 5.92 Å². The van der Waals surface area contributed by atoms with Gasteiger partial charge in [0.05, 0.1) is 11.6 Å². The molecular formula is C21H22FN5O2. The Kier molecular flexibility index (Phi) is 4.82. The standard InChI is InChI=1S/C21H22FN5O2/c1-11-6-5-7-12(2)27(11)21-25-18-17(20(29)26-21)16(14(10-23)19(28)24-18)13-8-3-4-9-15(13)22/h3-4,8-9,11-12,14,16H,5-7H2,1-2H3,(H2,24,25,26,28,29). The number of fused-ring (bicyclic) bond motifs is 1. The molecule has 150 valence electrons. The molecule has 1 saturated heterocycles. The number of hydrogen-bond donors (Lipinski definition) is 2. The van der Waals surface area contributed by atoms with Crippen molar-refractivity contribution in [3.63, 3.8) is 0 Å². The van der Waals surface area contributed by atoms with E-state index in [1.807, 2.05) is 11.0 Å². The molecule has 0 radical (unpaired) electrons. The molecule has 1 aromatic heterocycles. The maximum Gasteiger partial charge on any atom is 0.258 e. The molecule has 7 nitrogen and oxygen atoms in total. The second kappa shape index (κ2) is 7.32. The molecular weight excluding hydrogens is 373 g/mol. The molecule has 4 rings (SSSR count). The summed E-state index contributed by atoms with van der Waals surface area (Å²) in [4.78, 5) is 35.1. The number of amides is 1. The Labute approximate surface area is 167 Å². The van der Waals surface area contributed by atoms with Crippen LogP contribution < -0.4 is 15.8 Å². The van der Waals surface area contributed by atoms with Gasteiger partial charge in [0.25, 0.3) is 5.56 Å². The van der Waals surface area contributed by atoms with Gasteiger partial charge in [-0.25, -0.2) is 4.39 Å². The predicted octanol–water partition coefficient (Wildman–Crippen LogP) is 2.90. The summed E-state index contributed by atoms with van der Waals surface area (Å²) in [7, 11) is 0. The number of nitrogens with one attached hydrogen (secondary N) is 2. The number of hydrogen-bond acceptors (Lipinski definition) is 5. The molecule has 4 atom stereocenters. The highest BCUT2D eigenvalue weighted by molar-refractivity contribution is 5.98. The van der Waals surface area contributed by atoms with Gasteiger partial charge in [0, 0.05) is 18.0 Å². The number of carbonyl (C=O) groups is 1. The normalized spacial score (nSPS) is 26.4. The first-order valence-electron chi connectivity index (χ1n) is 9.79. The number of aromatic amines is 1. The lowest BCUT2D eigenvalue weighted by molar-refractivity contribution is -0.119. The number of H-pyrrole nitrogens is 1. The van der Waals surface area contributed by atoms with Gasteiger partial charge in [0.1, 0.15) is 17.6 Å². The summed E-state index contributed by atoms with van der Waals surface area (Å²) in [5.74, 6) is -2.92. The molecule has 1 fully saturated rings. The van der Waals surface area contributed by atoms with Gasteiger partial charge in [-0.3, -0.25) is 14.6 Å². The van der Waals surface area contributed by atoms with Gasteiger partial charge in [0.15, 0.2) is 0 Å². The predicted molar refractivity (Wildman–Crippen MR) is 106 cm³/mol. The van der Waals surface area contributed by atoms with Crippen LogP contribution in [0.25, 0.3) is 0 Å². The first kappa shape index (κ1) is 19.1. The fourth-order valence-electron chi connectivity index (χ4n) is 4.52. The number of nitrogens with zero attached hydrogens (tertiary/aromatic N) is 3. The third-order valence-corrected chi connectivity index (χ3v) is 5.93. The molecule has 0 bridgehead atoms. The zero-order chi connectivity index (χ0) is 20.7. The summed E-state index contributed by atoms with van der Waals surface area (Å²) in [6, 6.07) is 8.18. The van der Waals surface area contributed by atoms with Crippen molar-refractivity contribution in [1.82, 2.24) is 9.97 Å². The molecule has 2 N–H and O–H groups in total. The minimum atomic E-state index is -1.22. The Morgan fingerprint density at radius 2 is 1.90 bits per heavy atom. The topological polar surface area (TPSA) is 102 Å². The third kappa shape index (κ3) is 3.16. The van der Waals surface area contributed by atoms with Crippen LogP contribution in [0.1, 0.15) is 50.2 Å². The van der Waals surface area contributed by atoms with E-state index in [2.05, 4.69) is 29.1 Å². The molecule has 1 amide bonds. The van der Waals surface area contributed by atoms with Gasteiger partial charge in [-0.1, -0.05) is 18.2 Å². The van der Waals surface area contributed by atoms with E-state index in [-0.39, 0.29) is 29.0 Å². The van der Waals surface area contributed by atoms with E-state index in [0.717, 1.165) is 19.3 Å². The number of nitriles is 1. The summed E-state index contributed by atoms with van der Waals surface area (Å²) >= 11 is 0. The van der Waals surface area contributed by atoms with Crippen molar-refractivity contribution in [3.8, 4) is 6.07 Å². The molecule has 4 unspecified atom stereocenters. The lowest BCUT2D eigenvalue weighted by Gasteiger charge is -2.40. The first-order chi connectivity index (χ1) is 13.9. The lowest BCUT2D eigenvalue weighted by atomic mass is 9.79. The Morgan fingerprint density at radius 3 is 2.55 bits per heavy atom. The van der Waals surface area contributed by atoms with E-state index >= 15 is 0 Å². The molecule has 3 heterocycles. The van der Waals surface area contributed by atoms with Crippen molar-refractivity contribution in [1.29, 1.82) is 5.26 Å². The van der Waals surface area contributed by atoms with Gasteiger partial charge in [-0.05, 0) is 44.7 Å². The van der Waals surface area contributed by atoms with Gasteiger partial charge >= 0.3 is 0 Å². The molecule has 0 spiro atoms. The maximum absolute atomic E-state index is 14.5. The average molecular weight is 395 g/mol. The van der Waals surface area contributed by atoms with Gasteiger partial charge in [-0.15, -0.1) is 0 Å². The second-order valence-electron chi connectivity index (χ2n) is 7.78. The van der Waals surface area contributed by atoms with Gasteiger partial charge < -0.3 is 10.2 Å². The number of carbonyl (C=O) groups excluding carboxylic acids is 1. The molecule has 29 heavy (non-hydrogen) atoms. The summed E-state index contributed by atoms with van der Waals surface area (Å²) in [5, 5.41) is 12.1. The molecule has 0 saturated carbocycles. The minimum Gasteiger partial charge on any atom is -0.337 e. The second-order valence-corrected chi connectivity index (χ2v) is 7.78. The maximum atomic E-state index is 14.5. The number of piperidine rings is 1. The summed E-state index contributed by atoms with van der Waals surface area (Å²) < 4.78 is 14.5. The quantitative estimate of drug-likeness (QED) is 0.814. The number of anilines is 2. The van der Waals surface area contributed by atoms with Crippen LogP contribution >= 0.6 is 0 Å². The number of aromatic nitrogens is 2. The van der Waals surface area contributed by atoms with Crippen molar-refractivity contribution in [3.05, 3.63) is 51.6 Å².